The molecule has 0 spiro atoms. The van der Waals surface area contributed by atoms with Gasteiger partial charge in [-0.25, -0.2) is 9.78 Å². The van der Waals surface area contributed by atoms with Gasteiger partial charge in [-0.15, -0.1) is 23.7 Å². The molecule has 18 heavy (non-hydrogen) atoms. The Hall–Kier alpha value is -1.18. The molecule has 0 fully saturated rings. The number of aromatic nitrogens is 1. The molecule has 0 aliphatic carbocycles. The van der Waals surface area contributed by atoms with Crippen molar-refractivity contribution >= 4 is 35.6 Å². The van der Waals surface area contributed by atoms with Crippen molar-refractivity contribution in [3.63, 3.8) is 0 Å². The van der Waals surface area contributed by atoms with E-state index < -0.39 is 12.0 Å². The van der Waals surface area contributed by atoms with Gasteiger partial charge in [0.2, 0.25) is 0 Å². The highest BCUT2D eigenvalue weighted by molar-refractivity contribution is 7.09. The second-order valence-electron chi connectivity index (χ2n) is 3.38. The van der Waals surface area contributed by atoms with Gasteiger partial charge in [-0.05, 0) is 13.5 Å². The van der Waals surface area contributed by atoms with Crippen LogP contribution in [0.2, 0.25) is 0 Å². The van der Waals surface area contributed by atoms with Crippen LogP contribution < -0.4 is 11.1 Å². The minimum absolute atomic E-state index is 0. The topological polar surface area (TPSA) is 94.3 Å². The molecule has 1 aromatic heterocycles. The summed E-state index contributed by atoms with van der Waals surface area (Å²) in [6, 6.07) is -0.688. The molecule has 0 saturated heterocycles. The van der Waals surface area contributed by atoms with E-state index in [1.807, 2.05) is 0 Å². The zero-order valence-corrected chi connectivity index (χ0v) is 11.8. The van der Waals surface area contributed by atoms with Crippen molar-refractivity contribution in [3.8, 4) is 0 Å². The van der Waals surface area contributed by atoms with Crippen molar-refractivity contribution in [1.29, 1.82) is 0 Å². The number of halogens is 1. The Labute approximate surface area is 115 Å². The van der Waals surface area contributed by atoms with Gasteiger partial charge in [-0.3, -0.25) is 4.79 Å². The molecule has 0 aliphatic rings. The van der Waals surface area contributed by atoms with Crippen LogP contribution in [-0.2, 0) is 16.0 Å². The maximum Gasteiger partial charge on any atom is 0.328 e. The highest BCUT2D eigenvalue weighted by Crippen LogP contribution is 2.10. The maximum atomic E-state index is 11.7. The van der Waals surface area contributed by atoms with Crippen LogP contribution in [0.1, 0.15) is 22.4 Å². The number of carbonyl (C=O) groups is 2. The predicted molar refractivity (Wildman–Crippen MR) is 71.1 cm³/mol. The molecule has 1 unspecified atom stereocenters. The Kier molecular flexibility index (Phi) is 7.49. The van der Waals surface area contributed by atoms with Crippen LogP contribution in [0.15, 0.2) is 5.38 Å². The lowest BCUT2D eigenvalue weighted by Gasteiger charge is -2.09. The summed E-state index contributed by atoms with van der Waals surface area (Å²) < 4.78 is 4.50. The normalized spacial score (nSPS) is 11.3. The third-order valence-electron chi connectivity index (χ3n) is 2.04. The smallest absolute Gasteiger partial charge is 0.328 e. The molecule has 1 rings (SSSR count). The van der Waals surface area contributed by atoms with E-state index in [1.54, 1.807) is 12.3 Å². The van der Waals surface area contributed by atoms with Crippen LogP contribution >= 0.6 is 23.7 Å². The van der Waals surface area contributed by atoms with Gasteiger partial charge in [0.1, 0.15) is 11.7 Å². The molecule has 0 bridgehead atoms. The lowest BCUT2D eigenvalue weighted by atomic mass is 10.3. The molecule has 102 valence electrons. The van der Waals surface area contributed by atoms with Gasteiger partial charge in [0, 0.05) is 11.8 Å². The number of rotatable bonds is 5. The lowest BCUT2D eigenvalue weighted by Crippen LogP contribution is -2.39. The third-order valence-corrected chi connectivity index (χ3v) is 2.95. The first-order valence-corrected chi connectivity index (χ1v) is 5.99. The summed E-state index contributed by atoms with van der Waals surface area (Å²) in [5, 5.41) is 4.95. The molecule has 0 aliphatic heterocycles. The van der Waals surface area contributed by atoms with E-state index >= 15 is 0 Å². The molecule has 1 amide bonds. The van der Waals surface area contributed by atoms with Crippen molar-refractivity contribution < 1.29 is 14.3 Å². The van der Waals surface area contributed by atoms with Gasteiger partial charge < -0.3 is 15.8 Å². The number of nitrogens with two attached hydrogens (primary N) is 1. The molecule has 1 heterocycles. The zero-order valence-electron chi connectivity index (χ0n) is 10.1. The van der Waals surface area contributed by atoms with E-state index in [0.29, 0.717) is 18.7 Å². The summed E-state index contributed by atoms with van der Waals surface area (Å²) in [7, 11) is 1.27. The number of thiazole rings is 1. The Morgan fingerprint density at radius 3 is 2.83 bits per heavy atom. The number of ether oxygens (including phenoxy) is 1. The zero-order chi connectivity index (χ0) is 12.8. The molecule has 1 aromatic rings. The average Bonchev–Trinajstić information content (AvgIpc) is 2.77. The van der Waals surface area contributed by atoms with Gasteiger partial charge >= 0.3 is 5.97 Å². The van der Waals surface area contributed by atoms with Crippen molar-refractivity contribution in [1.82, 2.24) is 10.3 Å². The van der Waals surface area contributed by atoms with E-state index in [0.717, 1.165) is 5.01 Å². The summed E-state index contributed by atoms with van der Waals surface area (Å²) in [5.41, 5.74) is 5.69. The summed E-state index contributed by atoms with van der Waals surface area (Å²) in [4.78, 5) is 26.9. The number of esters is 1. The first-order chi connectivity index (χ1) is 8.08. The maximum absolute atomic E-state index is 11.7. The van der Waals surface area contributed by atoms with E-state index in [-0.39, 0.29) is 18.3 Å². The number of amides is 1. The quantitative estimate of drug-likeness (QED) is 0.764. The molecule has 6 nitrogen and oxygen atoms in total. The molecule has 8 heteroatoms. The summed E-state index contributed by atoms with van der Waals surface area (Å²) in [6.07, 6.45) is 0.643. The second kappa shape index (κ2) is 8.02. The molecule has 0 radical (unpaired) electrons. The molecule has 1 atom stereocenters. The number of nitrogens with zero attached hydrogens (tertiary/aromatic N) is 1. The fourth-order valence-corrected chi connectivity index (χ4v) is 1.95. The fourth-order valence-electron chi connectivity index (χ4n) is 1.16. The van der Waals surface area contributed by atoms with E-state index in [2.05, 4.69) is 15.0 Å². The Morgan fingerprint density at radius 2 is 2.28 bits per heavy atom. The highest BCUT2D eigenvalue weighted by Gasteiger charge is 2.18. The first kappa shape index (κ1) is 16.8. The number of nitrogens with one attached hydrogen (secondary N) is 1. The molecule has 0 saturated carbocycles. The van der Waals surface area contributed by atoms with Crippen LogP contribution in [0.4, 0.5) is 0 Å². The van der Waals surface area contributed by atoms with Gasteiger partial charge in [-0.2, -0.15) is 0 Å². The minimum atomic E-state index is -0.688. The van der Waals surface area contributed by atoms with E-state index in [9.17, 15) is 9.59 Å². The summed E-state index contributed by atoms with van der Waals surface area (Å²) in [6.45, 7) is 2.05. The Balaban J connectivity index is 0.00000289. The van der Waals surface area contributed by atoms with Crippen molar-refractivity contribution in [2.45, 2.75) is 19.4 Å². The number of methoxy groups -OCH3 is 1. The Morgan fingerprint density at radius 1 is 1.61 bits per heavy atom. The highest BCUT2D eigenvalue weighted by atomic mass is 35.5. The van der Waals surface area contributed by atoms with Crippen LogP contribution in [0, 0.1) is 0 Å². The second-order valence-corrected chi connectivity index (χ2v) is 4.33. The van der Waals surface area contributed by atoms with Crippen molar-refractivity contribution in [2.75, 3.05) is 13.7 Å². The number of hydrogen-bond donors (Lipinski definition) is 2. The lowest BCUT2D eigenvalue weighted by molar-refractivity contribution is -0.142. The van der Waals surface area contributed by atoms with Gasteiger partial charge in [-0.1, -0.05) is 0 Å². The van der Waals surface area contributed by atoms with Crippen LogP contribution in [-0.4, -0.2) is 36.6 Å². The Bertz CT molecular complexity index is 411. The van der Waals surface area contributed by atoms with Gasteiger partial charge in [0.15, 0.2) is 0 Å². The summed E-state index contributed by atoms with van der Waals surface area (Å²) in [5.74, 6) is -0.877. The first-order valence-electron chi connectivity index (χ1n) is 5.11. The van der Waals surface area contributed by atoms with Crippen LogP contribution in [0.25, 0.3) is 0 Å². The molecular formula is C10H16ClN3O3S. The van der Waals surface area contributed by atoms with Crippen LogP contribution in [0.5, 0.6) is 0 Å². The largest absolute Gasteiger partial charge is 0.467 e. The summed E-state index contributed by atoms with van der Waals surface area (Å²) >= 11 is 1.38. The third kappa shape index (κ3) is 4.59. The minimum Gasteiger partial charge on any atom is -0.467 e. The van der Waals surface area contributed by atoms with Crippen molar-refractivity contribution in [3.05, 3.63) is 16.1 Å². The average molecular weight is 294 g/mol. The molecule has 0 aromatic carbocycles. The standard InChI is InChI=1S/C10H15N3O3S.ClH/c1-6(10(15)16-2)12-9(14)7-5-17-8(13-7)3-4-11;/h5-6H,3-4,11H2,1-2H3,(H,12,14);1H. The SMILES string of the molecule is COC(=O)C(C)NC(=O)c1csc(CCN)n1.Cl. The molecule has 3 N–H and O–H groups in total. The van der Waals surface area contributed by atoms with E-state index in [4.69, 9.17) is 5.73 Å². The van der Waals surface area contributed by atoms with Crippen molar-refractivity contribution in [2.24, 2.45) is 5.73 Å². The van der Waals surface area contributed by atoms with Gasteiger partial charge in [0.05, 0.1) is 12.1 Å². The number of carbonyl (C=O) groups excluding carboxylic acids is 2. The number of hydrogen-bond acceptors (Lipinski definition) is 6. The van der Waals surface area contributed by atoms with E-state index in [1.165, 1.54) is 18.4 Å². The van der Waals surface area contributed by atoms with Gasteiger partial charge in [0.25, 0.3) is 5.91 Å². The predicted octanol–water partition coefficient (Wildman–Crippen LogP) is 0.357. The fraction of sp³-hybridized carbons (Fsp3) is 0.500. The monoisotopic (exact) mass is 293 g/mol. The van der Waals surface area contributed by atoms with Crippen LogP contribution in [0.3, 0.4) is 0 Å². The molecular weight excluding hydrogens is 278 g/mol.